The molecular weight excluding hydrogens is 153 g/mol. The molecule has 0 bridgehead atoms. The van der Waals surface area contributed by atoms with E-state index in [0.717, 1.165) is 13.0 Å². The van der Waals surface area contributed by atoms with E-state index in [4.69, 9.17) is 0 Å². The van der Waals surface area contributed by atoms with Gasteiger partial charge in [0.25, 0.3) is 0 Å². The number of halogens is 1. The van der Waals surface area contributed by atoms with E-state index in [1.165, 1.54) is 5.57 Å². The maximum Gasteiger partial charge on any atom is 0.0996 e. The molecule has 0 aliphatic carbocycles. The molecule has 2 heteroatoms. The highest BCUT2D eigenvalue weighted by atomic mass is 19.1. The van der Waals surface area contributed by atoms with Crippen molar-refractivity contribution in [2.24, 2.45) is 0 Å². The van der Waals surface area contributed by atoms with Crippen molar-refractivity contribution in [1.82, 2.24) is 5.32 Å². The molecule has 0 rings (SSSR count). The third-order valence-corrected chi connectivity index (χ3v) is 1.66. The van der Waals surface area contributed by atoms with E-state index >= 15 is 0 Å². The molecule has 0 fully saturated rings. The fourth-order valence-corrected chi connectivity index (χ4v) is 0.756. The number of hydrogen-bond donors (Lipinski definition) is 1. The lowest BCUT2D eigenvalue weighted by molar-refractivity contribution is 0.604. The molecule has 0 saturated carbocycles. The Morgan fingerprint density at radius 3 is 2.58 bits per heavy atom. The minimum absolute atomic E-state index is 0.0567. The zero-order valence-corrected chi connectivity index (χ0v) is 8.15. The van der Waals surface area contributed by atoms with Crippen LogP contribution in [0.1, 0.15) is 26.7 Å². The molecular formula is C10H18FN. The summed E-state index contributed by atoms with van der Waals surface area (Å²) >= 11 is 0. The van der Waals surface area contributed by atoms with Crippen LogP contribution in [0.4, 0.5) is 4.39 Å². The van der Waals surface area contributed by atoms with Crippen LogP contribution in [0.25, 0.3) is 0 Å². The first kappa shape index (κ1) is 11.4. The van der Waals surface area contributed by atoms with Gasteiger partial charge < -0.3 is 5.32 Å². The predicted molar refractivity (Wildman–Crippen MR) is 51.8 cm³/mol. The Morgan fingerprint density at radius 1 is 1.42 bits per heavy atom. The van der Waals surface area contributed by atoms with E-state index in [9.17, 15) is 4.39 Å². The summed E-state index contributed by atoms with van der Waals surface area (Å²) in [5.74, 6) is -0.0567. The molecule has 12 heavy (non-hydrogen) atoms. The van der Waals surface area contributed by atoms with Crippen LogP contribution in [-0.4, -0.2) is 13.6 Å². The van der Waals surface area contributed by atoms with E-state index in [-0.39, 0.29) is 5.83 Å². The molecule has 70 valence electrons. The highest BCUT2D eigenvalue weighted by Gasteiger charge is 1.88. The summed E-state index contributed by atoms with van der Waals surface area (Å²) in [5.41, 5.74) is 1.20. The van der Waals surface area contributed by atoms with Crippen molar-refractivity contribution in [3.05, 3.63) is 23.6 Å². The third-order valence-electron chi connectivity index (χ3n) is 1.66. The topological polar surface area (TPSA) is 12.0 Å². The quantitative estimate of drug-likeness (QED) is 0.627. The fourth-order valence-electron chi connectivity index (χ4n) is 0.756. The first-order chi connectivity index (χ1) is 5.70. The summed E-state index contributed by atoms with van der Waals surface area (Å²) in [6.07, 6.45) is 4.85. The molecule has 0 radical (unpaired) electrons. The van der Waals surface area contributed by atoms with Gasteiger partial charge in [-0.25, -0.2) is 4.39 Å². The number of hydrogen-bond acceptors (Lipinski definition) is 1. The average Bonchev–Trinajstić information content (AvgIpc) is 2.10. The van der Waals surface area contributed by atoms with Gasteiger partial charge in [-0.3, -0.25) is 0 Å². The lowest BCUT2D eigenvalue weighted by Gasteiger charge is -1.97. The zero-order chi connectivity index (χ0) is 9.40. The van der Waals surface area contributed by atoms with Crippen molar-refractivity contribution in [3.8, 4) is 0 Å². The Bertz CT molecular complexity index is 171. The Balaban J connectivity index is 3.82. The summed E-state index contributed by atoms with van der Waals surface area (Å²) in [5, 5.41) is 3.04. The van der Waals surface area contributed by atoms with Gasteiger partial charge in [0.2, 0.25) is 0 Å². The standard InChI is InChI=1S/C10H18FN/c1-4-10(11)6-5-9(2)7-8-12-3/h5-6,12H,4,7-8H2,1-3H3/b9-5+,10-6+. The molecule has 0 saturated heterocycles. The van der Waals surface area contributed by atoms with Gasteiger partial charge in [0.1, 0.15) is 0 Å². The van der Waals surface area contributed by atoms with Crippen LogP contribution in [0.2, 0.25) is 0 Å². The molecule has 0 heterocycles. The summed E-state index contributed by atoms with van der Waals surface area (Å²) in [6.45, 7) is 4.77. The van der Waals surface area contributed by atoms with E-state index in [2.05, 4.69) is 5.32 Å². The Labute approximate surface area is 74.4 Å². The van der Waals surface area contributed by atoms with Crippen LogP contribution in [0, 0.1) is 0 Å². The van der Waals surface area contributed by atoms with Gasteiger partial charge in [-0.2, -0.15) is 0 Å². The second-order valence-corrected chi connectivity index (χ2v) is 2.83. The van der Waals surface area contributed by atoms with Crippen molar-refractivity contribution in [1.29, 1.82) is 0 Å². The molecule has 0 aromatic rings. The van der Waals surface area contributed by atoms with Gasteiger partial charge in [0, 0.05) is 0 Å². The van der Waals surface area contributed by atoms with Crippen LogP contribution in [0.3, 0.4) is 0 Å². The zero-order valence-electron chi connectivity index (χ0n) is 8.15. The average molecular weight is 171 g/mol. The van der Waals surface area contributed by atoms with Crippen LogP contribution in [0.15, 0.2) is 23.6 Å². The van der Waals surface area contributed by atoms with Crippen LogP contribution in [0.5, 0.6) is 0 Å². The first-order valence-corrected chi connectivity index (χ1v) is 4.37. The molecule has 0 unspecified atom stereocenters. The molecule has 0 atom stereocenters. The largest absolute Gasteiger partial charge is 0.319 e. The van der Waals surface area contributed by atoms with Crippen molar-refractivity contribution in [3.63, 3.8) is 0 Å². The number of nitrogens with one attached hydrogen (secondary N) is 1. The van der Waals surface area contributed by atoms with Crippen LogP contribution >= 0.6 is 0 Å². The molecule has 0 aliphatic rings. The van der Waals surface area contributed by atoms with Crippen molar-refractivity contribution < 1.29 is 4.39 Å². The minimum atomic E-state index is -0.0567. The highest BCUT2D eigenvalue weighted by Crippen LogP contribution is 2.04. The second-order valence-electron chi connectivity index (χ2n) is 2.83. The van der Waals surface area contributed by atoms with Crippen molar-refractivity contribution >= 4 is 0 Å². The van der Waals surface area contributed by atoms with Crippen LogP contribution < -0.4 is 5.32 Å². The molecule has 0 aliphatic heterocycles. The molecule has 0 aromatic carbocycles. The first-order valence-electron chi connectivity index (χ1n) is 4.37. The Hall–Kier alpha value is -0.630. The summed E-state index contributed by atoms with van der Waals surface area (Å²) in [6, 6.07) is 0. The third kappa shape index (κ3) is 6.10. The maximum absolute atomic E-state index is 12.6. The molecule has 0 spiro atoms. The number of allylic oxidation sites excluding steroid dienone is 3. The van der Waals surface area contributed by atoms with E-state index in [1.807, 2.05) is 27.0 Å². The van der Waals surface area contributed by atoms with Gasteiger partial charge in [-0.1, -0.05) is 18.6 Å². The van der Waals surface area contributed by atoms with Gasteiger partial charge in [-0.05, 0) is 39.4 Å². The van der Waals surface area contributed by atoms with Crippen molar-refractivity contribution in [2.75, 3.05) is 13.6 Å². The maximum atomic E-state index is 12.6. The van der Waals surface area contributed by atoms with Gasteiger partial charge in [0.15, 0.2) is 0 Å². The highest BCUT2D eigenvalue weighted by molar-refractivity contribution is 5.13. The normalized spacial score (nSPS) is 13.7. The second kappa shape index (κ2) is 7.04. The molecule has 1 N–H and O–H groups in total. The smallest absolute Gasteiger partial charge is 0.0996 e. The van der Waals surface area contributed by atoms with E-state index in [0.29, 0.717) is 6.42 Å². The Morgan fingerprint density at radius 2 is 2.08 bits per heavy atom. The summed E-state index contributed by atoms with van der Waals surface area (Å²) < 4.78 is 12.6. The molecule has 0 amide bonds. The van der Waals surface area contributed by atoms with Crippen LogP contribution in [-0.2, 0) is 0 Å². The van der Waals surface area contributed by atoms with Gasteiger partial charge >= 0.3 is 0 Å². The summed E-state index contributed by atoms with van der Waals surface area (Å²) in [4.78, 5) is 0. The minimum Gasteiger partial charge on any atom is -0.319 e. The lowest BCUT2D eigenvalue weighted by Crippen LogP contribution is -2.07. The predicted octanol–water partition coefficient (Wildman–Crippen LogP) is 2.81. The summed E-state index contributed by atoms with van der Waals surface area (Å²) in [7, 11) is 1.91. The SMILES string of the molecule is CC/C(F)=C\C=C(/C)CCNC. The van der Waals surface area contributed by atoms with E-state index in [1.54, 1.807) is 6.08 Å². The monoisotopic (exact) mass is 171 g/mol. The lowest BCUT2D eigenvalue weighted by atomic mass is 10.2. The fraction of sp³-hybridized carbons (Fsp3) is 0.600. The van der Waals surface area contributed by atoms with Gasteiger partial charge in [0.05, 0.1) is 5.83 Å². The van der Waals surface area contributed by atoms with Crippen molar-refractivity contribution in [2.45, 2.75) is 26.7 Å². The van der Waals surface area contributed by atoms with Gasteiger partial charge in [-0.15, -0.1) is 0 Å². The van der Waals surface area contributed by atoms with E-state index < -0.39 is 0 Å². The molecule has 0 aromatic heterocycles. The number of rotatable bonds is 5. The Kier molecular flexibility index (Phi) is 6.67. The molecule has 1 nitrogen and oxygen atoms in total.